The van der Waals surface area contributed by atoms with Gasteiger partial charge in [-0.25, -0.2) is 0 Å². The Hall–Kier alpha value is -0.800. The smallest absolute Gasteiger partial charge is 0.117 e. The molecule has 0 saturated carbocycles. The summed E-state index contributed by atoms with van der Waals surface area (Å²) in [6, 6.07) is 3.28. The van der Waals surface area contributed by atoms with E-state index in [4.69, 9.17) is 23.2 Å². The van der Waals surface area contributed by atoms with Crippen LogP contribution in [0.15, 0.2) is 22.5 Å². The van der Waals surface area contributed by atoms with Crippen LogP contribution in [0.1, 0.15) is 0 Å². The number of benzene rings is 1. The molecule has 0 spiro atoms. The summed E-state index contributed by atoms with van der Waals surface area (Å²) in [6.45, 7) is 0. The first-order valence-electron chi connectivity index (χ1n) is 2.88. The second kappa shape index (κ2) is 2.36. The predicted molar refractivity (Wildman–Crippen MR) is 42.8 cm³/mol. The monoisotopic (exact) mass is 186 g/mol. The SMILES string of the molecule is Clc1cc2c(cc1Cl)N=N[N]2. The fourth-order valence-corrected chi connectivity index (χ4v) is 1.12. The zero-order valence-corrected chi connectivity index (χ0v) is 6.76. The Morgan fingerprint density at radius 2 is 1.64 bits per heavy atom. The van der Waals surface area contributed by atoms with E-state index in [1.54, 1.807) is 12.1 Å². The van der Waals surface area contributed by atoms with Gasteiger partial charge >= 0.3 is 0 Å². The van der Waals surface area contributed by atoms with Crippen LogP contribution in [-0.2, 0) is 0 Å². The molecule has 0 bridgehead atoms. The van der Waals surface area contributed by atoms with Gasteiger partial charge in [-0.05, 0) is 17.4 Å². The maximum Gasteiger partial charge on any atom is 0.117 e. The summed E-state index contributed by atoms with van der Waals surface area (Å²) in [7, 11) is 0. The fourth-order valence-electron chi connectivity index (χ4n) is 0.805. The van der Waals surface area contributed by atoms with Crippen LogP contribution < -0.4 is 5.43 Å². The molecule has 0 N–H and O–H groups in total. The summed E-state index contributed by atoms with van der Waals surface area (Å²) >= 11 is 11.4. The van der Waals surface area contributed by atoms with E-state index >= 15 is 0 Å². The molecule has 1 aliphatic rings. The Kier molecular flexibility index (Phi) is 1.47. The largest absolute Gasteiger partial charge is 0.128 e. The summed E-state index contributed by atoms with van der Waals surface area (Å²) in [4.78, 5) is 0. The molecule has 1 radical (unpaired) electrons. The molecule has 5 heteroatoms. The molecular formula is C6H2Cl2N3. The highest BCUT2D eigenvalue weighted by Gasteiger charge is 2.11. The molecule has 0 amide bonds. The second-order valence-electron chi connectivity index (χ2n) is 2.04. The first kappa shape index (κ1) is 6.88. The predicted octanol–water partition coefficient (Wildman–Crippen LogP) is 3.24. The molecule has 0 saturated heterocycles. The molecule has 0 atom stereocenters. The van der Waals surface area contributed by atoms with Crippen molar-refractivity contribution in [2.75, 3.05) is 0 Å². The Labute approximate surface area is 73.0 Å². The number of halogens is 2. The van der Waals surface area contributed by atoms with Crippen molar-refractivity contribution < 1.29 is 0 Å². The van der Waals surface area contributed by atoms with E-state index in [-0.39, 0.29) is 0 Å². The van der Waals surface area contributed by atoms with Crippen LogP contribution in [-0.4, -0.2) is 0 Å². The van der Waals surface area contributed by atoms with Gasteiger partial charge in [0, 0.05) is 0 Å². The Balaban J connectivity index is 2.63. The van der Waals surface area contributed by atoms with E-state index in [2.05, 4.69) is 15.8 Å². The molecule has 1 aliphatic heterocycles. The molecular weight excluding hydrogens is 185 g/mol. The van der Waals surface area contributed by atoms with Gasteiger partial charge in [0.1, 0.15) is 11.4 Å². The minimum absolute atomic E-state index is 0.474. The summed E-state index contributed by atoms with van der Waals surface area (Å²) < 4.78 is 0. The number of rotatable bonds is 0. The Morgan fingerprint density at radius 1 is 1.00 bits per heavy atom. The molecule has 1 heterocycles. The highest BCUT2D eigenvalue weighted by atomic mass is 35.5. The van der Waals surface area contributed by atoms with Crippen LogP contribution in [0.3, 0.4) is 0 Å². The molecule has 3 nitrogen and oxygen atoms in total. The van der Waals surface area contributed by atoms with Gasteiger partial charge in [0.15, 0.2) is 0 Å². The number of hydrogen-bond acceptors (Lipinski definition) is 2. The normalized spacial score (nSPS) is 12.9. The van der Waals surface area contributed by atoms with Crippen molar-refractivity contribution >= 4 is 34.6 Å². The average Bonchev–Trinajstić information content (AvgIpc) is 2.36. The van der Waals surface area contributed by atoms with Crippen LogP contribution in [0.25, 0.3) is 0 Å². The average molecular weight is 187 g/mol. The summed E-state index contributed by atoms with van der Waals surface area (Å²) in [5.41, 5.74) is 5.05. The number of fused-ring (bicyclic) bond motifs is 1. The van der Waals surface area contributed by atoms with Gasteiger partial charge in [0.05, 0.1) is 10.0 Å². The molecule has 2 rings (SSSR count). The third kappa shape index (κ3) is 1.06. The van der Waals surface area contributed by atoms with Crippen molar-refractivity contribution in [1.82, 2.24) is 5.43 Å². The zero-order valence-electron chi connectivity index (χ0n) is 5.25. The van der Waals surface area contributed by atoms with E-state index in [0.29, 0.717) is 21.4 Å². The van der Waals surface area contributed by atoms with E-state index in [1.807, 2.05) is 0 Å². The van der Waals surface area contributed by atoms with E-state index in [9.17, 15) is 0 Å². The van der Waals surface area contributed by atoms with Gasteiger partial charge in [-0.1, -0.05) is 23.2 Å². The lowest BCUT2D eigenvalue weighted by atomic mass is 10.3. The lowest BCUT2D eigenvalue weighted by Gasteiger charge is -1.96. The summed E-state index contributed by atoms with van der Waals surface area (Å²) in [6.07, 6.45) is 0. The Bertz CT molecular complexity index is 335. The summed E-state index contributed by atoms with van der Waals surface area (Å²) in [5, 5.41) is 8.13. The van der Waals surface area contributed by atoms with Crippen LogP contribution in [0.4, 0.5) is 11.4 Å². The molecule has 0 aromatic heterocycles. The lowest BCUT2D eigenvalue weighted by molar-refractivity contribution is 0.923. The fraction of sp³-hybridized carbons (Fsp3) is 0. The van der Waals surface area contributed by atoms with Crippen molar-refractivity contribution in [3.8, 4) is 0 Å². The van der Waals surface area contributed by atoms with Crippen molar-refractivity contribution in [3.63, 3.8) is 0 Å². The summed E-state index contributed by atoms with van der Waals surface area (Å²) in [5.74, 6) is 0. The van der Waals surface area contributed by atoms with Crippen molar-refractivity contribution in [1.29, 1.82) is 0 Å². The maximum absolute atomic E-state index is 5.72. The first-order valence-corrected chi connectivity index (χ1v) is 3.64. The number of nitrogens with zero attached hydrogens (tertiary/aromatic N) is 3. The third-order valence-electron chi connectivity index (χ3n) is 1.32. The van der Waals surface area contributed by atoms with Gasteiger partial charge in [0.2, 0.25) is 0 Å². The van der Waals surface area contributed by atoms with Gasteiger partial charge in [-0.2, -0.15) is 0 Å². The standard InChI is InChI=1S/C6H2Cl2N3/c7-3-1-5-6(2-4(3)8)10-11-9-5/h1-2H. The Morgan fingerprint density at radius 3 is 2.36 bits per heavy atom. The van der Waals surface area contributed by atoms with Gasteiger partial charge in [0.25, 0.3) is 0 Å². The van der Waals surface area contributed by atoms with Crippen molar-refractivity contribution in [2.24, 2.45) is 10.3 Å². The third-order valence-corrected chi connectivity index (χ3v) is 2.04. The van der Waals surface area contributed by atoms with Gasteiger partial charge < -0.3 is 0 Å². The minimum Gasteiger partial charge on any atom is -0.128 e. The topological polar surface area (TPSA) is 38.8 Å². The van der Waals surface area contributed by atoms with Crippen LogP contribution in [0, 0.1) is 0 Å². The van der Waals surface area contributed by atoms with Crippen LogP contribution in [0.2, 0.25) is 10.0 Å². The van der Waals surface area contributed by atoms with Crippen molar-refractivity contribution in [3.05, 3.63) is 22.2 Å². The van der Waals surface area contributed by atoms with Gasteiger partial charge in [-0.15, -0.1) is 10.5 Å². The molecule has 1 aromatic rings. The molecule has 0 aliphatic carbocycles. The molecule has 0 unspecified atom stereocenters. The lowest BCUT2D eigenvalue weighted by Crippen LogP contribution is -1.78. The molecule has 11 heavy (non-hydrogen) atoms. The molecule has 0 fully saturated rings. The quantitative estimate of drug-likeness (QED) is 0.597. The molecule has 55 valence electrons. The van der Waals surface area contributed by atoms with Gasteiger partial charge in [-0.3, -0.25) is 0 Å². The highest BCUT2D eigenvalue weighted by molar-refractivity contribution is 6.42. The number of hydrogen-bond donors (Lipinski definition) is 0. The van der Waals surface area contributed by atoms with Crippen LogP contribution >= 0.6 is 23.2 Å². The second-order valence-corrected chi connectivity index (χ2v) is 2.86. The van der Waals surface area contributed by atoms with Crippen LogP contribution in [0.5, 0.6) is 0 Å². The first-order chi connectivity index (χ1) is 5.27. The zero-order chi connectivity index (χ0) is 7.84. The maximum atomic E-state index is 5.72. The minimum atomic E-state index is 0.474. The van der Waals surface area contributed by atoms with Crippen molar-refractivity contribution in [2.45, 2.75) is 0 Å². The highest BCUT2D eigenvalue weighted by Crippen LogP contribution is 2.37. The van der Waals surface area contributed by atoms with E-state index in [0.717, 1.165) is 0 Å². The van der Waals surface area contributed by atoms with E-state index in [1.165, 1.54) is 0 Å². The molecule has 1 aromatic carbocycles. The van der Waals surface area contributed by atoms with E-state index < -0.39 is 0 Å².